The Morgan fingerprint density at radius 2 is 1.94 bits per heavy atom. The van der Waals surface area contributed by atoms with Gasteiger partial charge in [0, 0.05) is 11.4 Å². The normalized spacial score (nSPS) is 16.2. The lowest BCUT2D eigenvalue weighted by molar-refractivity contribution is 0.649. The van der Waals surface area contributed by atoms with E-state index in [0.717, 1.165) is 17.1 Å². The van der Waals surface area contributed by atoms with Crippen LogP contribution in [-0.2, 0) is 0 Å². The summed E-state index contributed by atoms with van der Waals surface area (Å²) in [5, 5.41) is 3.29. The van der Waals surface area contributed by atoms with Crippen molar-refractivity contribution < 1.29 is 0 Å². The highest BCUT2D eigenvalue weighted by Crippen LogP contribution is 2.32. The van der Waals surface area contributed by atoms with Gasteiger partial charge in [-0.1, -0.05) is 19.4 Å². The summed E-state index contributed by atoms with van der Waals surface area (Å²) in [6.45, 7) is 4.10. The maximum atomic E-state index is 5.88. The molecule has 0 aromatic heterocycles. The van der Waals surface area contributed by atoms with E-state index >= 15 is 0 Å². The predicted octanol–water partition coefficient (Wildman–Crippen LogP) is 2.97. The molecule has 0 radical (unpaired) electrons. The summed E-state index contributed by atoms with van der Waals surface area (Å²) in [5.41, 5.74) is 15.0. The topological polar surface area (TPSA) is 64.1 Å². The van der Waals surface area contributed by atoms with Gasteiger partial charge in [-0.25, -0.2) is 0 Å². The van der Waals surface area contributed by atoms with E-state index in [4.69, 9.17) is 11.5 Å². The Balaban J connectivity index is 2.07. The Morgan fingerprint density at radius 1 is 1.25 bits per heavy atom. The molecule has 5 N–H and O–H groups in total. The first kappa shape index (κ1) is 10.9. The van der Waals surface area contributed by atoms with E-state index in [1.165, 1.54) is 25.7 Å². The molecular weight excluding hydrogens is 198 g/mol. The molecule has 1 fully saturated rings. The zero-order chi connectivity index (χ0) is 11.5. The van der Waals surface area contributed by atoms with Crippen molar-refractivity contribution >= 4 is 17.1 Å². The molecule has 0 saturated heterocycles. The van der Waals surface area contributed by atoms with Gasteiger partial charge in [-0.05, 0) is 37.0 Å². The zero-order valence-corrected chi connectivity index (χ0v) is 9.50. The molecule has 0 aliphatic heterocycles. The molecule has 1 aromatic carbocycles. The molecule has 0 bridgehead atoms. The first-order chi connectivity index (χ1) is 7.66. The summed E-state index contributed by atoms with van der Waals surface area (Å²) >= 11 is 0. The molecule has 1 aliphatic carbocycles. The van der Waals surface area contributed by atoms with Gasteiger partial charge in [0.15, 0.2) is 0 Å². The molecular formula is C13H19N3. The number of rotatable bonds is 3. The van der Waals surface area contributed by atoms with Crippen LogP contribution in [0.4, 0.5) is 17.1 Å². The van der Waals surface area contributed by atoms with Crippen LogP contribution in [0, 0.1) is 5.92 Å². The number of benzene rings is 1. The van der Waals surface area contributed by atoms with Crippen molar-refractivity contribution in [3.63, 3.8) is 0 Å². The van der Waals surface area contributed by atoms with Gasteiger partial charge in [0.1, 0.15) is 0 Å². The van der Waals surface area contributed by atoms with Crippen LogP contribution in [0.25, 0.3) is 0 Å². The second-order valence-electron chi connectivity index (χ2n) is 4.48. The van der Waals surface area contributed by atoms with Crippen molar-refractivity contribution in [2.75, 3.05) is 16.8 Å². The van der Waals surface area contributed by atoms with Crippen LogP contribution in [-0.4, -0.2) is 0 Å². The quantitative estimate of drug-likeness (QED) is 0.682. The fourth-order valence-corrected chi connectivity index (χ4v) is 2.23. The zero-order valence-electron chi connectivity index (χ0n) is 9.50. The smallest absolute Gasteiger partial charge is 0.0636 e. The molecule has 1 aliphatic rings. The van der Waals surface area contributed by atoms with E-state index in [9.17, 15) is 0 Å². The van der Waals surface area contributed by atoms with Crippen LogP contribution in [0.15, 0.2) is 30.5 Å². The number of hydrogen-bond donors (Lipinski definition) is 3. The number of nitrogen functional groups attached to an aromatic ring is 2. The van der Waals surface area contributed by atoms with Crippen molar-refractivity contribution in [3.05, 3.63) is 30.5 Å². The molecule has 16 heavy (non-hydrogen) atoms. The summed E-state index contributed by atoms with van der Waals surface area (Å²) in [5.74, 6) is 0.584. The highest BCUT2D eigenvalue weighted by molar-refractivity contribution is 5.72. The Morgan fingerprint density at radius 3 is 2.62 bits per heavy atom. The number of hydrogen-bond acceptors (Lipinski definition) is 3. The van der Waals surface area contributed by atoms with Crippen LogP contribution >= 0.6 is 0 Å². The van der Waals surface area contributed by atoms with E-state index < -0.39 is 0 Å². The molecule has 3 nitrogen and oxygen atoms in total. The molecule has 0 heterocycles. The minimum absolute atomic E-state index is 0.584. The Hall–Kier alpha value is -1.64. The molecule has 0 unspecified atom stereocenters. The van der Waals surface area contributed by atoms with Gasteiger partial charge in [-0.2, -0.15) is 0 Å². The lowest BCUT2D eigenvalue weighted by Crippen LogP contribution is -2.09. The van der Waals surface area contributed by atoms with Crippen molar-refractivity contribution in [1.82, 2.24) is 0 Å². The lowest BCUT2D eigenvalue weighted by Gasteiger charge is -2.17. The van der Waals surface area contributed by atoms with Gasteiger partial charge in [0.2, 0.25) is 0 Å². The van der Waals surface area contributed by atoms with Crippen molar-refractivity contribution in [2.24, 2.45) is 5.92 Å². The van der Waals surface area contributed by atoms with Crippen LogP contribution in [0.3, 0.4) is 0 Å². The third-order valence-electron chi connectivity index (χ3n) is 3.22. The maximum Gasteiger partial charge on any atom is 0.0636 e. The van der Waals surface area contributed by atoms with Crippen LogP contribution < -0.4 is 16.8 Å². The van der Waals surface area contributed by atoms with Gasteiger partial charge in [-0.3, -0.25) is 0 Å². The van der Waals surface area contributed by atoms with Crippen molar-refractivity contribution in [1.29, 1.82) is 0 Å². The molecule has 1 aromatic rings. The summed E-state index contributed by atoms with van der Waals surface area (Å²) in [6, 6.07) is 5.48. The van der Waals surface area contributed by atoms with Gasteiger partial charge >= 0.3 is 0 Å². The highest BCUT2D eigenvalue weighted by atomic mass is 14.9. The SMILES string of the molecule is C=C(Nc1cc(N)ccc1N)C1CCCC1. The summed E-state index contributed by atoms with van der Waals surface area (Å²) in [7, 11) is 0. The molecule has 1 saturated carbocycles. The maximum absolute atomic E-state index is 5.88. The Labute approximate surface area is 96.5 Å². The average molecular weight is 217 g/mol. The van der Waals surface area contributed by atoms with Gasteiger partial charge in [0.05, 0.1) is 11.4 Å². The minimum Gasteiger partial charge on any atom is -0.399 e. The molecule has 0 amide bonds. The monoisotopic (exact) mass is 217 g/mol. The van der Waals surface area contributed by atoms with Crippen LogP contribution in [0.1, 0.15) is 25.7 Å². The van der Waals surface area contributed by atoms with E-state index in [1.807, 2.05) is 12.1 Å². The van der Waals surface area contributed by atoms with Gasteiger partial charge in [-0.15, -0.1) is 0 Å². The fourth-order valence-electron chi connectivity index (χ4n) is 2.23. The predicted molar refractivity (Wildman–Crippen MR) is 70.0 cm³/mol. The highest BCUT2D eigenvalue weighted by Gasteiger charge is 2.18. The number of nitrogens with two attached hydrogens (primary N) is 2. The van der Waals surface area contributed by atoms with Gasteiger partial charge in [0.25, 0.3) is 0 Å². The lowest BCUT2D eigenvalue weighted by atomic mass is 10.0. The first-order valence-corrected chi connectivity index (χ1v) is 5.77. The third-order valence-corrected chi connectivity index (χ3v) is 3.22. The largest absolute Gasteiger partial charge is 0.399 e. The molecule has 0 atom stereocenters. The second kappa shape index (κ2) is 4.47. The van der Waals surface area contributed by atoms with E-state index in [2.05, 4.69) is 11.9 Å². The molecule has 86 valence electrons. The Bertz CT molecular complexity index is 392. The second-order valence-corrected chi connectivity index (χ2v) is 4.48. The Kier molecular flexibility index (Phi) is 3.04. The minimum atomic E-state index is 0.584. The van der Waals surface area contributed by atoms with E-state index in [0.29, 0.717) is 11.6 Å². The van der Waals surface area contributed by atoms with E-state index in [-0.39, 0.29) is 0 Å². The molecule has 3 heteroatoms. The molecule has 0 spiro atoms. The number of anilines is 3. The summed E-state index contributed by atoms with van der Waals surface area (Å²) < 4.78 is 0. The van der Waals surface area contributed by atoms with Crippen LogP contribution in [0.5, 0.6) is 0 Å². The fraction of sp³-hybridized carbons (Fsp3) is 0.385. The van der Waals surface area contributed by atoms with E-state index in [1.54, 1.807) is 6.07 Å². The standard InChI is InChI=1S/C13H19N3/c1-9(10-4-2-3-5-10)16-13-8-11(14)6-7-12(13)15/h6-8,10,16H,1-5,14-15H2. The van der Waals surface area contributed by atoms with Crippen LogP contribution in [0.2, 0.25) is 0 Å². The first-order valence-electron chi connectivity index (χ1n) is 5.77. The summed E-state index contributed by atoms with van der Waals surface area (Å²) in [6.07, 6.45) is 5.07. The summed E-state index contributed by atoms with van der Waals surface area (Å²) in [4.78, 5) is 0. The van der Waals surface area contributed by atoms with Crippen molar-refractivity contribution in [3.8, 4) is 0 Å². The third kappa shape index (κ3) is 2.30. The molecule has 2 rings (SSSR count). The van der Waals surface area contributed by atoms with Gasteiger partial charge < -0.3 is 16.8 Å². The van der Waals surface area contributed by atoms with Crippen molar-refractivity contribution in [2.45, 2.75) is 25.7 Å². The number of nitrogens with one attached hydrogen (secondary N) is 1. The number of allylic oxidation sites excluding steroid dienone is 1. The average Bonchev–Trinajstić information content (AvgIpc) is 2.76.